The Balaban J connectivity index is 3.27. The smallest absolute Gasteiger partial charge is 0.475 e. The van der Waals surface area contributed by atoms with Crippen molar-refractivity contribution in [2.24, 2.45) is 0 Å². The van der Waals surface area contributed by atoms with Crippen molar-refractivity contribution in [1.82, 2.24) is 4.90 Å². The summed E-state index contributed by atoms with van der Waals surface area (Å²) in [5.74, 6) is -1.90. The molecule has 0 aliphatic carbocycles. The Kier molecular flexibility index (Phi) is 2.20. The van der Waals surface area contributed by atoms with E-state index < -0.39 is 28.8 Å². The van der Waals surface area contributed by atoms with Gasteiger partial charge in [0.2, 0.25) is 0 Å². The van der Waals surface area contributed by atoms with Gasteiger partial charge >= 0.3 is 23.9 Å². The predicted molar refractivity (Wildman–Crippen MR) is 42.8 cm³/mol. The molecule has 0 aromatic carbocycles. The van der Waals surface area contributed by atoms with Crippen LogP contribution in [0.5, 0.6) is 0 Å². The van der Waals surface area contributed by atoms with Crippen molar-refractivity contribution in [3.63, 3.8) is 0 Å². The average molecular weight is 202 g/mol. The molecule has 1 N–H and O–H groups in total. The molecule has 1 aliphatic heterocycles. The van der Waals surface area contributed by atoms with Crippen LogP contribution in [0.1, 0.15) is 0 Å². The lowest BCUT2D eigenvalue weighted by Gasteiger charge is -2.16. The van der Waals surface area contributed by atoms with Gasteiger partial charge in [-0.2, -0.15) is 14.3 Å². The molecular weight excluding hydrogens is 194 g/mol. The molecular formula is C6H8N3O5+. The van der Waals surface area contributed by atoms with E-state index in [4.69, 9.17) is 0 Å². The highest BCUT2D eigenvalue weighted by Crippen LogP contribution is 2.06. The molecule has 1 rings (SSSR count). The number of aliphatic hydroxyl groups is 1. The summed E-state index contributed by atoms with van der Waals surface area (Å²) in [4.78, 5) is 32.4. The van der Waals surface area contributed by atoms with Crippen LogP contribution >= 0.6 is 0 Å². The van der Waals surface area contributed by atoms with Crippen LogP contribution < -0.4 is 0 Å². The highest BCUT2D eigenvalue weighted by molar-refractivity contribution is 6.09. The van der Waals surface area contributed by atoms with Crippen LogP contribution in [0.3, 0.4) is 0 Å². The number of urea groups is 1. The number of nitro groups is 1. The van der Waals surface area contributed by atoms with Crippen molar-refractivity contribution >= 4 is 17.8 Å². The maximum absolute atomic E-state index is 11.2. The number of hydrogen-bond acceptors (Lipinski definition) is 4. The van der Waals surface area contributed by atoms with Gasteiger partial charge in [0, 0.05) is 4.92 Å². The van der Waals surface area contributed by atoms with E-state index in [1.807, 2.05) is 0 Å². The molecule has 3 amide bonds. The molecule has 0 aromatic heterocycles. The molecule has 1 heterocycles. The quantitative estimate of drug-likeness (QED) is 0.327. The fraction of sp³-hybridized carbons (Fsp3) is 0.500. The first kappa shape index (κ1) is 10.1. The Morgan fingerprint density at radius 1 is 1.57 bits per heavy atom. The molecule has 0 saturated carbocycles. The van der Waals surface area contributed by atoms with E-state index in [1.165, 1.54) is 0 Å². The summed E-state index contributed by atoms with van der Waals surface area (Å²) in [6, 6.07) is -2.69. The number of aliphatic hydroxyl groups excluding tert-OH is 1. The minimum Gasteiger partial charge on any atom is -0.475 e. The number of carbonyl (C=O) groups excluding carboxylic acids is 2. The van der Waals surface area contributed by atoms with Crippen molar-refractivity contribution in [2.45, 2.75) is 6.04 Å². The Morgan fingerprint density at radius 2 is 2.07 bits per heavy atom. The molecule has 0 bridgehead atoms. The van der Waals surface area contributed by atoms with Crippen molar-refractivity contribution in [1.29, 1.82) is 0 Å². The standard InChI is InChI=1S/C6H7N3O5/c1-7-4(10)3(9(13)14)5(11)8(2)6(7)12/h3H,1-2H3/p+1. The van der Waals surface area contributed by atoms with Gasteiger partial charge in [0.05, 0.1) is 14.1 Å². The third-order valence-corrected chi connectivity index (χ3v) is 1.94. The third-order valence-electron chi connectivity index (χ3n) is 1.94. The van der Waals surface area contributed by atoms with Crippen molar-refractivity contribution < 1.29 is 24.2 Å². The zero-order valence-corrected chi connectivity index (χ0v) is 7.50. The summed E-state index contributed by atoms with van der Waals surface area (Å²) < 4.78 is 0.662. The molecule has 1 atom stereocenters. The molecule has 8 heteroatoms. The molecule has 76 valence electrons. The van der Waals surface area contributed by atoms with E-state index >= 15 is 0 Å². The Labute approximate surface area is 78.2 Å². The van der Waals surface area contributed by atoms with Gasteiger partial charge in [0.1, 0.15) is 0 Å². The number of carbonyl (C=O) groups is 2. The van der Waals surface area contributed by atoms with Gasteiger partial charge in [-0.1, -0.05) is 0 Å². The van der Waals surface area contributed by atoms with Gasteiger partial charge < -0.3 is 5.11 Å². The Bertz CT molecular complexity index is 360. The SMILES string of the molecule is CN1C(=O)C([N+](=O)[O-])C(O)=[N+](C)C1=O. The maximum atomic E-state index is 11.2. The lowest BCUT2D eigenvalue weighted by Crippen LogP contribution is -2.57. The van der Waals surface area contributed by atoms with Crippen LogP contribution in [0.15, 0.2) is 0 Å². The first-order valence-corrected chi connectivity index (χ1v) is 3.62. The fourth-order valence-electron chi connectivity index (χ4n) is 1.08. The highest BCUT2D eigenvalue weighted by Gasteiger charge is 2.53. The van der Waals surface area contributed by atoms with Crippen LogP contribution in [0.2, 0.25) is 0 Å². The molecule has 0 spiro atoms. The second kappa shape index (κ2) is 3.05. The molecule has 1 unspecified atom stereocenters. The number of amides is 3. The number of imide groups is 1. The zero-order chi connectivity index (χ0) is 11.0. The topological polar surface area (TPSA) is 104 Å². The number of hydrogen-bond donors (Lipinski definition) is 1. The monoisotopic (exact) mass is 202 g/mol. The summed E-state index contributed by atoms with van der Waals surface area (Å²) in [7, 11) is 2.27. The lowest BCUT2D eigenvalue weighted by molar-refractivity contribution is -0.515. The normalized spacial score (nSPS) is 23.0. The van der Waals surface area contributed by atoms with Gasteiger partial charge in [-0.25, -0.2) is 4.79 Å². The Morgan fingerprint density at radius 3 is 2.50 bits per heavy atom. The third kappa shape index (κ3) is 1.20. The van der Waals surface area contributed by atoms with Crippen LogP contribution in [-0.4, -0.2) is 57.5 Å². The Hall–Kier alpha value is -1.99. The van der Waals surface area contributed by atoms with Crippen molar-refractivity contribution in [2.75, 3.05) is 14.1 Å². The van der Waals surface area contributed by atoms with E-state index in [0.29, 0.717) is 9.48 Å². The summed E-state index contributed by atoms with van der Waals surface area (Å²) >= 11 is 0. The zero-order valence-electron chi connectivity index (χ0n) is 7.50. The van der Waals surface area contributed by atoms with E-state index in [9.17, 15) is 24.8 Å². The van der Waals surface area contributed by atoms with E-state index in [-0.39, 0.29) is 0 Å². The summed E-state index contributed by atoms with van der Waals surface area (Å²) in [6.45, 7) is 0. The molecule has 0 fully saturated rings. The number of rotatable bonds is 1. The van der Waals surface area contributed by atoms with E-state index in [1.54, 1.807) is 0 Å². The summed E-state index contributed by atoms with van der Waals surface area (Å²) in [6.07, 6.45) is 0. The minimum atomic E-state index is -1.89. The van der Waals surface area contributed by atoms with Crippen LogP contribution in [-0.2, 0) is 4.79 Å². The van der Waals surface area contributed by atoms with E-state index in [0.717, 1.165) is 14.1 Å². The first-order chi connectivity index (χ1) is 6.37. The minimum absolute atomic E-state index is 0.590. The molecule has 0 radical (unpaired) electrons. The van der Waals surface area contributed by atoms with Gasteiger partial charge in [0.25, 0.3) is 0 Å². The van der Waals surface area contributed by atoms with E-state index in [2.05, 4.69) is 0 Å². The molecule has 1 aliphatic rings. The van der Waals surface area contributed by atoms with Gasteiger partial charge in [0.15, 0.2) is 0 Å². The number of likely N-dealkylation sites (N-methyl/N-ethyl adjacent to an activating group) is 1. The average Bonchev–Trinajstić information content (AvgIpc) is 2.11. The van der Waals surface area contributed by atoms with Gasteiger partial charge in [-0.05, 0) is 0 Å². The van der Waals surface area contributed by atoms with Crippen molar-refractivity contribution in [3.05, 3.63) is 10.1 Å². The molecule has 0 aromatic rings. The van der Waals surface area contributed by atoms with Gasteiger partial charge in [-0.15, -0.1) is 0 Å². The highest BCUT2D eigenvalue weighted by atomic mass is 16.6. The van der Waals surface area contributed by atoms with Crippen LogP contribution in [0.25, 0.3) is 0 Å². The first-order valence-electron chi connectivity index (χ1n) is 3.62. The van der Waals surface area contributed by atoms with Crippen LogP contribution in [0, 0.1) is 10.1 Å². The van der Waals surface area contributed by atoms with Crippen molar-refractivity contribution in [3.8, 4) is 0 Å². The van der Waals surface area contributed by atoms with Gasteiger partial charge in [-0.3, -0.25) is 10.1 Å². The second-order valence-corrected chi connectivity index (χ2v) is 2.78. The second-order valence-electron chi connectivity index (χ2n) is 2.78. The lowest BCUT2D eigenvalue weighted by atomic mass is 10.2. The fourth-order valence-corrected chi connectivity index (χ4v) is 1.08. The predicted octanol–water partition coefficient (Wildman–Crippen LogP) is -1.18. The van der Waals surface area contributed by atoms with Crippen LogP contribution in [0.4, 0.5) is 4.79 Å². The molecule has 14 heavy (non-hydrogen) atoms. The summed E-state index contributed by atoms with van der Waals surface area (Å²) in [5, 5.41) is 19.6. The largest absolute Gasteiger partial charge is 0.503 e. The maximum Gasteiger partial charge on any atom is 0.503 e. The number of nitrogens with zero attached hydrogens (tertiary/aromatic N) is 3. The molecule has 8 nitrogen and oxygen atoms in total. The molecule has 0 saturated heterocycles. The summed E-state index contributed by atoms with van der Waals surface area (Å²) in [5.41, 5.74) is 0.